The molecule has 0 radical (unpaired) electrons. The Morgan fingerprint density at radius 3 is 2.54 bits per heavy atom. The minimum Gasteiger partial charge on any atom is -0.358 e. The maximum absolute atomic E-state index is 12.8. The van der Waals surface area contributed by atoms with E-state index in [1.807, 2.05) is 0 Å². The van der Waals surface area contributed by atoms with Crippen molar-refractivity contribution in [2.45, 2.75) is 6.17 Å². The monoisotopic (exact) mass is 354 g/mol. The molecule has 0 bridgehead atoms. The second-order valence-electron chi connectivity index (χ2n) is 5.92. The highest BCUT2D eigenvalue weighted by Crippen LogP contribution is 2.40. The first-order valence-electron chi connectivity index (χ1n) is 8.02. The fourth-order valence-corrected chi connectivity index (χ4v) is 3.20. The third kappa shape index (κ3) is 2.85. The fraction of sp³-hybridized carbons (Fsp3) is 0.222. The molecule has 26 heavy (non-hydrogen) atoms. The molecule has 1 atom stereocenters. The molecule has 2 amide bonds. The average molecular weight is 354 g/mol. The Kier molecular flexibility index (Phi) is 4.57. The van der Waals surface area contributed by atoms with E-state index in [1.165, 1.54) is 18.0 Å². The molecular formula is C18H18N4O4. The van der Waals surface area contributed by atoms with Crippen LogP contribution in [0.2, 0.25) is 0 Å². The number of nitro benzene ring substituents is 1. The molecule has 134 valence electrons. The van der Waals surface area contributed by atoms with Crippen LogP contribution in [0.1, 0.15) is 22.1 Å². The third-order valence-corrected chi connectivity index (χ3v) is 4.43. The Hall–Kier alpha value is -3.42. The van der Waals surface area contributed by atoms with E-state index in [2.05, 4.69) is 5.32 Å². The first-order valence-corrected chi connectivity index (χ1v) is 8.02. The summed E-state index contributed by atoms with van der Waals surface area (Å²) >= 11 is 0. The van der Waals surface area contributed by atoms with Crippen molar-refractivity contribution in [1.82, 2.24) is 10.2 Å². The number of nitrogens with zero attached hydrogens (tertiary/aromatic N) is 3. The van der Waals surface area contributed by atoms with Gasteiger partial charge in [0.2, 0.25) is 5.91 Å². The van der Waals surface area contributed by atoms with Gasteiger partial charge in [-0.1, -0.05) is 24.3 Å². The van der Waals surface area contributed by atoms with Gasteiger partial charge in [-0.05, 0) is 18.2 Å². The van der Waals surface area contributed by atoms with Crippen LogP contribution in [0.15, 0.2) is 48.5 Å². The lowest BCUT2D eigenvalue weighted by Crippen LogP contribution is -2.50. The highest BCUT2D eigenvalue weighted by molar-refractivity contribution is 6.02. The smallest absolute Gasteiger partial charge is 0.276 e. The Balaban J connectivity index is 2.20. The van der Waals surface area contributed by atoms with Crippen LogP contribution < -0.4 is 10.2 Å². The lowest BCUT2D eigenvalue weighted by molar-refractivity contribution is -0.385. The molecule has 1 aliphatic heterocycles. The van der Waals surface area contributed by atoms with Crippen LogP contribution in [0.4, 0.5) is 11.4 Å². The number of rotatable bonds is 4. The van der Waals surface area contributed by atoms with Crippen LogP contribution in [-0.2, 0) is 4.79 Å². The van der Waals surface area contributed by atoms with Gasteiger partial charge in [0.1, 0.15) is 6.17 Å². The summed E-state index contributed by atoms with van der Waals surface area (Å²) in [7, 11) is 3.10. The zero-order valence-corrected chi connectivity index (χ0v) is 14.4. The number of anilines is 1. The second kappa shape index (κ2) is 6.83. The Bertz CT molecular complexity index is 883. The number of nitro groups is 1. The molecule has 0 spiro atoms. The van der Waals surface area contributed by atoms with Crippen molar-refractivity contribution in [3.63, 3.8) is 0 Å². The Morgan fingerprint density at radius 2 is 1.85 bits per heavy atom. The summed E-state index contributed by atoms with van der Waals surface area (Å²) in [5.74, 6) is -0.511. The molecule has 1 heterocycles. The predicted molar refractivity (Wildman–Crippen MR) is 95.8 cm³/mol. The number of carbonyl (C=O) groups is 2. The molecular weight excluding hydrogens is 336 g/mol. The van der Waals surface area contributed by atoms with Crippen LogP contribution in [0.25, 0.3) is 0 Å². The highest BCUT2D eigenvalue weighted by atomic mass is 16.6. The van der Waals surface area contributed by atoms with Crippen molar-refractivity contribution in [2.75, 3.05) is 25.5 Å². The van der Waals surface area contributed by atoms with Crippen molar-refractivity contribution in [1.29, 1.82) is 0 Å². The minimum atomic E-state index is -0.767. The zero-order chi connectivity index (χ0) is 18.8. The van der Waals surface area contributed by atoms with Crippen molar-refractivity contribution in [3.8, 4) is 0 Å². The Morgan fingerprint density at radius 1 is 1.19 bits per heavy atom. The third-order valence-electron chi connectivity index (χ3n) is 4.43. The van der Waals surface area contributed by atoms with Gasteiger partial charge >= 0.3 is 0 Å². The molecule has 1 aliphatic rings. The van der Waals surface area contributed by atoms with E-state index in [0.717, 1.165) is 0 Å². The maximum Gasteiger partial charge on any atom is 0.276 e. The van der Waals surface area contributed by atoms with E-state index >= 15 is 0 Å². The van der Waals surface area contributed by atoms with Crippen molar-refractivity contribution >= 4 is 23.2 Å². The van der Waals surface area contributed by atoms with Gasteiger partial charge in [0.05, 0.1) is 28.3 Å². The lowest BCUT2D eigenvalue weighted by atomic mass is 10.0. The lowest BCUT2D eigenvalue weighted by Gasteiger charge is -2.43. The molecule has 8 heteroatoms. The summed E-state index contributed by atoms with van der Waals surface area (Å²) in [6.45, 7) is -0.0398. The molecule has 0 aliphatic carbocycles. The minimum absolute atomic E-state index is 0.0398. The van der Waals surface area contributed by atoms with Gasteiger partial charge in [-0.3, -0.25) is 19.7 Å². The molecule has 0 fully saturated rings. The molecule has 0 saturated carbocycles. The van der Waals surface area contributed by atoms with Crippen LogP contribution in [0.3, 0.4) is 0 Å². The highest BCUT2D eigenvalue weighted by Gasteiger charge is 2.39. The molecule has 8 nitrogen and oxygen atoms in total. The number of nitrogens with one attached hydrogen (secondary N) is 1. The van der Waals surface area contributed by atoms with E-state index in [0.29, 0.717) is 16.8 Å². The van der Waals surface area contributed by atoms with E-state index in [1.54, 1.807) is 54.4 Å². The van der Waals surface area contributed by atoms with E-state index in [9.17, 15) is 19.7 Å². The Labute approximate surface area is 150 Å². The van der Waals surface area contributed by atoms with Crippen LogP contribution in [0, 0.1) is 10.1 Å². The molecule has 0 saturated heterocycles. The summed E-state index contributed by atoms with van der Waals surface area (Å²) in [5.41, 5.74) is 1.28. The van der Waals surface area contributed by atoms with Gasteiger partial charge in [-0.15, -0.1) is 0 Å². The average Bonchev–Trinajstić information content (AvgIpc) is 2.66. The summed E-state index contributed by atoms with van der Waals surface area (Å²) < 4.78 is 0. The number of hydrogen-bond donors (Lipinski definition) is 1. The van der Waals surface area contributed by atoms with Crippen LogP contribution in [-0.4, -0.2) is 42.3 Å². The summed E-state index contributed by atoms with van der Waals surface area (Å²) in [4.78, 5) is 39.0. The van der Waals surface area contributed by atoms with Crippen LogP contribution in [0.5, 0.6) is 0 Å². The summed E-state index contributed by atoms with van der Waals surface area (Å²) in [6.07, 6.45) is -0.767. The standard InChI is InChI=1S/C18H18N4O4/c1-19-16(23)11-21-14-9-5-4-8-13(14)18(24)20(2)17(21)12-7-3-6-10-15(12)22(25)26/h3-10,17H,11H2,1-2H3,(H,19,23). The molecule has 2 aromatic rings. The van der Waals surface area contributed by atoms with Gasteiger partial charge in [0.15, 0.2) is 0 Å². The maximum atomic E-state index is 12.8. The first-order chi connectivity index (χ1) is 12.5. The van der Waals surface area contributed by atoms with Crippen molar-refractivity contribution in [2.24, 2.45) is 0 Å². The van der Waals surface area contributed by atoms with Gasteiger partial charge in [-0.25, -0.2) is 0 Å². The number of carbonyl (C=O) groups excluding carboxylic acids is 2. The largest absolute Gasteiger partial charge is 0.358 e. The van der Waals surface area contributed by atoms with Gasteiger partial charge in [0, 0.05) is 20.2 Å². The number of para-hydroxylation sites is 2. The number of amides is 2. The van der Waals surface area contributed by atoms with E-state index in [-0.39, 0.29) is 24.0 Å². The molecule has 1 N–H and O–H groups in total. The van der Waals surface area contributed by atoms with Gasteiger partial charge < -0.3 is 15.1 Å². The predicted octanol–water partition coefficient (Wildman–Crippen LogP) is 1.93. The van der Waals surface area contributed by atoms with E-state index in [4.69, 9.17) is 0 Å². The normalized spacial score (nSPS) is 16.2. The SMILES string of the molecule is CNC(=O)CN1c2ccccc2C(=O)N(C)C1c1ccccc1[N+](=O)[O-]. The number of benzene rings is 2. The molecule has 0 aromatic heterocycles. The van der Waals surface area contributed by atoms with Crippen molar-refractivity contribution in [3.05, 3.63) is 69.8 Å². The number of likely N-dealkylation sites (N-methyl/N-ethyl adjacent to an activating group) is 1. The molecule has 3 rings (SSSR count). The second-order valence-corrected chi connectivity index (χ2v) is 5.92. The summed E-state index contributed by atoms with van der Waals surface area (Å²) in [6, 6.07) is 13.2. The van der Waals surface area contributed by atoms with Gasteiger partial charge in [-0.2, -0.15) is 0 Å². The topological polar surface area (TPSA) is 95.8 Å². The summed E-state index contributed by atoms with van der Waals surface area (Å²) in [5, 5.41) is 14.0. The number of hydrogen-bond acceptors (Lipinski definition) is 5. The fourth-order valence-electron chi connectivity index (χ4n) is 3.20. The van der Waals surface area contributed by atoms with Gasteiger partial charge in [0.25, 0.3) is 11.6 Å². The van der Waals surface area contributed by atoms with E-state index < -0.39 is 11.1 Å². The van der Waals surface area contributed by atoms with Crippen LogP contribution >= 0.6 is 0 Å². The first kappa shape index (κ1) is 17.4. The zero-order valence-electron chi connectivity index (χ0n) is 14.4. The quantitative estimate of drug-likeness (QED) is 0.669. The molecule has 1 unspecified atom stereocenters. The van der Waals surface area contributed by atoms with Crippen molar-refractivity contribution < 1.29 is 14.5 Å². The number of fused-ring (bicyclic) bond motifs is 1. The molecule has 2 aromatic carbocycles.